The van der Waals surface area contributed by atoms with Crippen LogP contribution in [0.15, 0.2) is 30.5 Å². The van der Waals surface area contributed by atoms with Crippen molar-refractivity contribution in [3.8, 4) is 0 Å². The molecule has 1 fully saturated rings. The molecule has 1 aromatic heterocycles. The van der Waals surface area contributed by atoms with Crippen LogP contribution in [0.1, 0.15) is 44.1 Å². The zero-order chi connectivity index (χ0) is 16.2. The fraction of sp³-hybridized carbons (Fsp3) is 0.474. The topological polar surface area (TPSA) is 70.2 Å². The van der Waals surface area contributed by atoms with Gasteiger partial charge in [-0.25, -0.2) is 0 Å². The molecule has 3 rings (SSSR count). The van der Waals surface area contributed by atoms with E-state index in [0.717, 1.165) is 29.3 Å². The molecule has 1 saturated carbocycles. The number of ketones is 1. The van der Waals surface area contributed by atoms with Crippen molar-refractivity contribution in [2.75, 3.05) is 0 Å². The first kappa shape index (κ1) is 15.8. The second kappa shape index (κ2) is 6.99. The van der Waals surface area contributed by atoms with Gasteiger partial charge >= 0.3 is 5.97 Å². The van der Waals surface area contributed by atoms with E-state index in [2.05, 4.69) is 4.98 Å². The van der Waals surface area contributed by atoms with Gasteiger partial charge in [0.2, 0.25) is 0 Å². The van der Waals surface area contributed by atoms with Crippen molar-refractivity contribution in [2.24, 2.45) is 11.8 Å². The van der Waals surface area contributed by atoms with Crippen LogP contribution in [0.4, 0.5) is 0 Å². The molecule has 1 aromatic carbocycles. The summed E-state index contributed by atoms with van der Waals surface area (Å²) in [7, 11) is 0. The predicted molar refractivity (Wildman–Crippen MR) is 89.3 cm³/mol. The molecule has 4 nitrogen and oxygen atoms in total. The van der Waals surface area contributed by atoms with Crippen LogP contribution in [-0.4, -0.2) is 21.8 Å². The third-order valence-corrected chi connectivity index (χ3v) is 4.96. The predicted octanol–water partition coefficient (Wildman–Crippen LogP) is 3.95. The highest BCUT2D eigenvalue weighted by atomic mass is 16.4. The monoisotopic (exact) mass is 313 g/mol. The molecule has 1 atom stereocenters. The number of carboxylic acid groups (broad SMARTS) is 1. The molecule has 0 saturated heterocycles. The molecule has 4 heteroatoms. The lowest BCUT2D eigenvalue weighted by atomic mass is 9.90. The summed E-state index contributed by atoms with van der Waals surface area (Å²) < 4.78 is 0. The Bertz CT molecular complexity index is 697. The molecule has 2 N–H and O–H groups in total. The van der Waals surface area contributed by atoms with Gasteiger partial charge in [0.05, 0.1) is 5.92 Å². The van der Waals surface area contributed by atoms with Gasteiger partial charge in [-0.05, 0) is 24.0 Å². The second-order valence-corrected chi connectivity index (χ2v) is 6.70. The zero-order valence-corrected chi connectivity index (χ0v) is 13.3. The van der Waals surface area contributed by atoms with Crippen LogP contribution < -0.4 is 0 Å². The molecule has 2 aromatic rings. The molecule has 122 valence electrons. The Hall–Kier alpha value is -2.10. The fourth-order valence-corrected chi connectivity index (χ4v) is 3.71. The lowest BCUT2D eigenvalue weighted by Gasteiger charge is -2.13. The maximum atomic E-state index is 12.2. The van der Waals surface area contributed by atoms with E-state index in [1.807, 2.05) is 30.5 Å². The third-order valence-electron chi connectivity index (χ3n) is 4.96. The minimum atomic E-state index is -0.880. The van der Waals surface area contributed by atoms with Gasteiger partial charge in [-0.2, -0.15) is 0 Å². The number of benzene rings is 1. The summed E-state index contributed by atoms with van der Waals surface area (Å²) >= 11 is 0. The zero-order valence-electron chi connectivity index (χ0n) is 13.3. The van der Waals surface area contributed by atoms with Crippen LogP contribution in [0.25, 0.3) is 10.9 Å². The van der Waals surface area contributed by atoms with Gasteiger partial charge in [-0.15, -0.1) is 0 Å². The van der Waals surface area contributed by atoms with Crippen molar-refractivity contribution < 1.29 is 14.7 Å². The quantitative estimate of drug-likeness (QED) is 0.813. The van der Waals surface area contributed by atoms with E-state index in [0.29, 0.717) is 18.8 Å². The van der Waals surface area contributed by atoms with Crippen LogP contribution >= 0.6 is 0 Å². The number of aromatic amines is 1. The summed E-state index contributed by atoms with van der Waals surface area (Å²) in [5, 5.41) is 10.5. The summed E-state index contributed by atoms with van der Waals surface area (Å²) in [6.07, 6.45) is 7.60. The number of carboxylic acids is 1. The number of Topliss-reactive ketones (excluding diaryl/α,β-unsaturated/α-hetero) is 1. The molecule has 0 amide bonds. The Morgan fingerprint density at radius 1 is 1.22 bits per heavy atom. The number of carbonyl (C=O) groups excluding carboxylic acids is 1. The minimum Gasteiger partial charge on any atom is -0.481 e. The third kappa shape index (κ3) is 3.81. The maximum absolute atomic E-state index is 12.2. The number of aromatic nitrogens is 1. The molecule has 1 aliphatic carbocycles. The van der Waals surface area contributed by atoms with Crippen LogP contribution in [0.2, 0.25) is 0 Å². The average Bonchev–Trinajstić information content (AvgIpc) is 3.16. The Kier molecular flexibility index (Phi) is 4.79. The Balaban J connectivity index is 1.66. The van der Waals surface area contributed by atoms with Crippen LogP contribution in [-0.2, 0) is 16.0 Å². The van der Waals surface area contributed by atoms with Crippen molar-refractivity contribution in [3.05, 3.63) is 36.0 Å². The van der Waals surface area contributed by atoms with E-state index in [1.165, 1.54) is 12.8 Å². The van der Waals surface area contributed by atoms with Crippen molar-refractivity contribution >= 4 is 22.7 Å². The highest BCUT2D eigenvalue weighted by molar-refractivity contribution is 5.86. The van der Waals surface area contributed by atoms with E-state index < -0.39 is 11.9 Å². The Morgan fingerprint density at radius 3 is 2.70 bits per heavy atom. The first-order chi connectivity index (χ1) is 11.1. The summed E-state index contributed by atoms with van der Waals surface area (Å²) in [4.78, 5) is 27.0. The molecule has 23 heavy (non-hydrogen) atoms. The smallest absolute Gasteiger partial charge is 0.307 e. The van der Waals surface area contributed by atoms with Gasteiger partial charge in [0.1, 0.15) is 5.78 Å². The van der Waals surface area contributed by atoms with Gasteiger partial charge in [0.25, 0.3) is 0 Å². The number of H-pyrrole nitrogens is 1. The van der Waals surface area contributed by atoms with E-state index in [9.17, 15) is 14.7 Å². The standard InChI is InChI=1S/C19H23NO3/c21-16(9-13-5-1-2-6-13)11-14(19(22)23)10-15-12-20-18-8-4-3-7-17(15)18/h3-4,7-8,12-14,20H,1-2,5-6,9-11H2,(H,22,23)/t14-/m1/s1. The molecule has 0 unspecified atom stereocenters. The SMILES string of the molecule is O=C(CC1CCCC1)C[C@@H](Cc1c[nH]c2ccccc12)C(=O)O. The number of para-hydroxylation sites is 1. The summed E-state index contributed by atoms with van der Waals surface area (Å²) in [6, 6.07) is 7.85. The Labute approximate surface area is 135 Å². The first-order valence-electron chi connectivity index (χ1n) is 8.43. The first-order valence-corrected chi connectivity index (χ1v) is 8.43. The van der Waals surface area contributed by atoms with E-state index in [1.54, 1.807) is 0 Å². The summed E-state index contributed by atoms with van der Waals surface area (Å²) in [5.41, 5.74) is 1.98. The van der Waals surface area contributed by atoms with Crippen LogP contribution in [0.3, 0.4) is 0 Å². The van der Waals surface area contributed by atoms with Crippen LogP contribution in [0, 0.1) is 11.8 Å². The highest BCUT2D eigenvalue weighted by Crippen LogP contribution is 2.29. The molecular weight excluding hydrogens is 290 g/mol. The summed E-state index contributed by atoms with van der Waals surface area (Å²) in [5.74, 6) is -0.938. The van der Waals surface area contributed by atoms with Gasteiger partial charge in [0, 0.05) is 29.9 Å². The number of rotatable bonds is 7. The van der Waals surface area contributed by atoms with E-state index in [4.69, 9.17) is 0 Å². The number of fused-ring (bicyclic) bond motifs is 1. The van der Waals surface area contributed by atoms with E-state index >= 15 is 0 Å². The van der Waals surface area contributed by atoms with E-state index in [-0.39, 0.29) is 12.2 Å². The van der Waals surface area contributed by atoms with Crippen molar-refractivity contribution in [1.29, 1.82) is 0 Å². The second-order valence-electron chi connectivity index (χ2n) is 6.70. The molecule has 1 aliphatic rings. The van der Waals surface area contributed by atoms with Gasteiger partial charge in [-0.1, -0.05) is 43.9 Å². The average molecular weight is 313 g/mol. The minimum absolute atomic E-state index is 0.101. The molecule has 0 bridgehead atoms. The number of nitrogens with one attached hydrogen (secondary N) is 1. The molecule has 0 aliphatic heterocycles. The maximum Gasteiger partial charge on any atom is 0.307 e. The molecular formula is C19H23NO3. The molecule has 0 radical (unpaired) electrons. The molecule has 1 heterocycles. The number of hydrogen-bond donors (Lipinski definition) is 2. The van der Waals surface area contributed by atoms with Gasteiger partial charge < -0.3 is 10.1 Å². The van der Waals surface area contributed by atoms with Gasteiger partial charge in [0.15, 0.2) is 0 Å². The highest BCUT2D eigenvalue weighted by Gasteiger charge is 2.25. The number of hydrogen-bond acceptors (Lipinski definition) is 2. The van der Waals surface area contributed by atoms with Crippen LogP contribution in [0.5, 0.6) is 0 Å². The number of aliphatic carboxylic acids is 1. The summed E-state index contributed by atoms with van der Waals surface area (Å²) in [6.45, 7) is 0. The fourth-order valence-electron chi connectivity index (χ4n) is 3.71. The lowest BCUT2D eigenvalue weighted by molar-refractivity contribution is -0.143. The van der Waals surface area contributed by atoms with Crippen molar-refractivity contribution in [3.63, 3.8) is 0 Å². The largest absolute Gasteiger partial charge is 0.481 e. The Morgan fingerprint density at radius 2 is 1.96 bits per heavy atom. The van der Waals surface area contributed by atoms with Crippen molar-refractivity contribution in [2.45, 2.75) is 44.9 Å². The lowest BCUT2D eigenvalue weighted by Crippen LogP contribution is -2.21. The van der Waals surface area contributed by atoms with Gasteiger partial charge in [-0.3, -0.25) is 9.59 Å². The normalized spacial score (nSPS) is 16.7. The molecule has 0 spiro atoms. The van der Waals surface area contributed by atoms with Crippen molar-refractivity contribution in [1.82, 2.24) is 4.98 Å². The number of carbonyl (C=O) groups is 2.